The van der Waals surface area contributed by atoms with Crippen LogP contribution in [0.1, 0.15) is 32.1 Å². The third-order valence-corrected chi connectivity index (χ3v) is 6.45. The summed E-state index contributed by atoms with van der Waals surface area (Å²) >= 11 is 0. The largest absolute Gasteiger partial charge is 0.366 e. The molecule has 0 unspecified atom stereocenters. The number of amides is 1. The van der Waals surface area contributed by atoms with Gasteiger partial charge in [0, 0.05) is 29.1 Å². The summed E-state index contributed by atoms with van der Waals surface area (Å²) in [5.74, 6) is 1.63. The summed E-state index contributed by atoms with van der Waals surface area (Å²) < 4.78 is 0. The summed E-state index contributed by atoms with van der Waals surface area (Å²) in [5, 5.41) is 8.55. The normalized spacial score (nSPS) is 18.0. The van der Waals surface area contributed by atoms with E-state index in [0.717, 1.165) is 73.0 Å². The fourth-order valence-electron chi connectivity index (χ4n) is 4.20. The Kier molecular flexibility index (Phi) is 5.51. The van der Waals surface area contributed by atoms with Crippen LogP contribution in [0.4, 0.5) is 11.6 Å². The van der Waals surface area contributed by atoms with Crippen molar-refractivity contribution in [1.82, 2.24) is 19.9 Å². The van der Waals surface area contributed by atoms with Gasteiger partial charge in [-0.25, -0.2) is 9.97 Å². The lowest BCUT2D eigenvalue weighted by molar-refractivity contribution is -0.122. The second-order valence-corrected chi connectivity index (χ2v) is 8.76. The van der Waals surface area contributed by atoms with E-state index in [4.69, 9.17) is 4.98 Å². The van der Waals surface area contributed by atoms with Crippen molar-refractivity contribution in [3.63, 3.8) is 0 Å². The Balaban J connectivity index is 1.35. The van der Waals surface area contributed by atoms with Gasteiger partial charge in [0.25, 0.3) is 0 Å². The van der Waals surface area contributed by atoms with Crippen molar-refractivity contribution >= 4 is 28.3 Å². The van der Waals surface area contributed by atoms with Crippen LogP contribution in [0.2, 0.25) is 0 Å². The van der Waals surface area contributed by atoms with E-state index in [2.05, 4.69) is 38.6 Å². The minimum Gasteiger partial charge on any atom is -0.366 e. The van der Waals surface area contributed by atoms with Crippen molar-refractivity contribution in [2.45, 2.75) is 38.1 Å². The number of anilines is 2. The molecule has 2 aliphatic rings. The first-order valence-corrected chi connectivity index (χ1v) is 11.1. The van der Waals surface area contributed by atoms with E-state index in [9.17, 15) is 4.79 Å². The van der Waals surface area contributed by atoms with Gasteiger partial charge in [0.15, 0.2) is 0 Å². The molecule has 2 aromatic heterocycles. The number of aromatic nitrogens is 3. The molecule has 3 heterocycles. The predicted octanol–water partition coefficient (Wildman–Crippen LogP) is 3.94. The molecule has 0 bridgehead atoms. The molecule has 7 nitrogen and oxygen atoms in total. The van der Waals surface area contributed by atoms with E-state index >= 15 is 0 Å². The van der Waals surface area contributed by atoms with E-state index in [1.807, 2.05) is 18.2 Å². The van der Waals surface area contributed by atoms with Crippen molar-refractivity contribution in [2.75, 3.05) is 30.8 Å². The van der Waals surface area contributed by atoms with E-state index in [1.165, 1.54) is 0 Å². The third-order valence-electron chi connectivity index (χ3n) is 6.45. The predicted molar refractivity (Wildman–Crippen MR) is 123 cm³/mol. The number of piperidine rings is 1. The van der Waals surface area contributed by atoms with Gasteiger partial charge < -0.3 is 15.5 Å². The van der Waals surface area contributed by atoms with Gasteiger partial charge in [-0.2, -0.15) is 0 Å². The fourth-order valence-corrected chi connectivity index (χ4v) is 4.20. The Bertz CT molecular complexity index is 1090. The van der Waals surface area contributed by atoms with Crippen molar-refractivity contribution in [3.05, 3.63) is 42.9 Å². The maximum atomic E-state index is 12.3. The Morgan fingerprint density at radius 2 is 1.84 bits per heavy atom. The molecule has 0 radical (unpaired) electrons. The first-order valence-electron chi connectivity index (χ1n) is 11.1. The average molecular weight is 417 g/mol. The van der Waals surface area contributed by atoms with Gasteiger partial charge in [0.1, 0.15) is 11.6 Å². The minimum atomic E-state index is 0.0767. The summed E-state index contributed by atoms with van der Waals surface area (Å²) in [7, 11) is 2.16. The molecular weight excluding hydrogens is 388 g/mol. The van der Waals surface area contributed by atoms with E-state index < -0.39 is 0 Å². The lowest BCUT2D eigenvalue weighted by Gasteiger charge is -2.29. The molecular formula is C24H28N6O. The highest BCUT2D eigenvalue weighted by Crippen LogP contribution is 2.29. The van der Waals surface area contributed by atoms with Crippen LogP contribution in [-0.4, -0.2) is 51.9 Å². The second-order valence-electron chi connectivity index (χ2n) is 8.76. The number of pyridine rings is 1. The lowest BCUT2D eigenvalue weighted by atomic mass is 9.85. The van der Waals surface area contributed by atoms with Crippen molar-refractivity contribution < 1.29 is 4.79 Å². The Hall–Kier alpha value is -3.06. The molecule has 1 saturated carbocycles. The topological polar surface area (TPSA) is 83.0 Å². The van der Waals surface area contributed by atoms with Gasteiger partial charge in [-0.15, -0.1) is 0 Å². The number of carbonyl (C=O) groups is 1. The standard InChI is InChI=1S/C24H28N6O/c1-30-9-7-20(8-10-30)27-23-15-25-14-21(28-23)17-5-6-18-13-26-22(12-19(18)11-17)29-24(31)16-3-2-4-16/h5-6,11-16,20H,2-4,7-10H2,1H3,(H,27,28)(H,26,29,31). The van der Waals surface area contributed by atoms with Crippen LogP contribution in [0.25, 0.3) is 22.0 Å². The van der Waals surface area contributed by atoms with Crippen molar-refractivity contribution in [2.24, 2.45) is 5.92 Å². The Labute approximate surface area is 182 Å². The number of nitrogens with one attached hydrogen (secondary N) is 2. The molecule has 7 heteroatoms. The van der Waals surface area contributed by atoms with Gasteiger partial charge in [-0.3, -0.25) is 9.78 Å². The van der Waals surface area contributed by atoms with Gasteiger partial charge in [-0.1, -0.05) is 18.6 Å². The SMILES string of the molecule is CN1CCC(Nc2cncc(-c3ccc4cnc(NC(=O)C5CCC5)cc4c3)n2)CC1. The molecule has 3 aromatic rings. The minimum absolute atomic E-state index is 0.0767. The van der Waals surface area contributed by atoms with E-state index in [0.29, 0.717) is 11.9 Å². The van der Waals surface area contributed by atoms with Crippen LogP contribution < -0.4 is 10.6 Å². The molecule has 0 atom stereocenters. The molecule has 160 valence electrons. The quantitative estimate of drug-likeness (QED) is 0.656. The molecule has 0 spiro atoms. The highest BCUT2D eigenvalue weighted by molar-refractivity contribution is 5.95. The monoisotopic (exact) mass is 416 g/mol. The van der Waals surface area contributed by atoms with Gasteiger partial charge >= 0.3 is 0 Å². The number of benzene rings is 1. The number of likely N-dealkylation sites (tertiary alicyclic amines) is 1. The first kappa shape index (κ1) is 19.9. The Morgan fingerprint density at radius 1 is 1.00 bits per heavy atom. The fraction of sp³-hybridized carbons (Fsp3) is 0.417. The summed E-state index contributed by atoms with van der Waals surface area (Å²) in [5.41, 5.74) is 1.83. The van der Waals surface area contributed by atoms with Crippen LogP contribution >= 0.6 is 0 Å². The number of nitrogens with zero attached hydrogens (tertiary/aromatic N) is 4. The maximum absolute atomic E-state index is 12.3. The number of hydrogen-bond acceptors (Lipinski definition) is 6. The lowest BCUT2D eigenvalue weighted by Crippen LogP contribution is -2.36. The summed E-state index contributed by atoms with van der Waals surface area (Å²) in [6.45, 7) is 2.20. The van der Waals surface area contributed by atoms with Crippen LogP contribution in [-0.2, 0) is 4.79 Å². The molecule has 2 fully saturated rings. The maximum Gasteiger partial charge on any atom is 0.228 e. The molecule has 1 saturated heterocycles. The van der Waals surface area contributed by atoms with E-state index in [1.54, 1.807) is 18.6 Å². The summed E-state index contributed by atoms with van der Waals surface area (Å²) in [6, 6.07) is 8.53. The zero-order valence-corrected chi connectivity index (χ0v) is 17.8. The number of hydrogen-bond donors (Lipinski definition) is 2. The van der Waals surface area contributed by atoms with Gasteiger partial charge in [-0.05, 0) is 63.3 Å². The van der Waals surface area contributed by atoms with Gasteiger partial charge in [0.05, 0.1) is 18.1 Å². The van der Waals surface area contributed by atoms with E-state index in [-0.39, 0.29) is 11.8 Å². The number of fused-ring (bicyclic) bond motifs is 1. The Morgan fingerprint density at radius 3 is 2.61 bits per heavy atom. The summed E-state index contributed by atoms with van der Waals surface area (Å²) in [4.78, 5) is 28.2. The van der Waals surface area contributed by atoms with Crippen molar-refractivity contribution in [3.8, 4) is 11.3 Å². The molecule has 5 rings (SSSR count). The first-order chi connectivity index (χ1) is 15.1. The average Bonchev–Trinajstić information content (AvgIpc) is 2.74. The van der Waals surface area contributed by atoms with Crippen LogP contribution in [0.15, 0.2) is 42.9 Å². The van der Waals surface area contributed by atoms with Gasteiger partial charge in [0.2, 0.25) is 5.91 Å². The molecule has 2 N–H and O–H groups in total. The third kappa shape index (κ3) is 4.51. The zero-order valence-electron chi connectivity index (χ0n) is 17.8. The van der Waals surface area contributed by atoms with Crippen LogP contribution in [0.5, 0.6) is 0 Å². The zero-order chi connectivity index (χ0) is 21.2. The van der Waals surface area contributed by atoms with Crippen LogP contribution in [0, 0.1) is 5.92 Å². The molecule has 1 amide bonds. The molecule has 1 aliphatic carbocycles. The smallest absolute Gasteiger partial charge is 0.228 e. The molecule has 1 aliphatic heterocycles. The summed E-state index contributed by atoms with van der Waals surface area (Å²) in [6.07, 6.45) is 10.7. The molecule has 1 aromatic carbocycles. The van der Waals surface area contributed by atoms with Crippen molar-refractivity contribution in [1.29, 1.82) is 0 Å². The highest BCUT2D eigenvalue weighted by Gasteiger charge is 2.25. The number of rotatable bonds is 5. The molecule has 31 heavy (non-hydrogen) atoms. The van der Waals surface area contributed by atoms with Crippen LogP contribution in [0.3, 0.4) is 0 Å². The number of carbonyl (C=O) groups excluding carboxylic acids is 1. The highest BCUT2D eigenvalue weighted by atomic mass is 16.2. The second kappa shape index (κ2) is 8.59.